The highest BCUT2D eigenvalue weighted by Gasteiger charge is 2.56. The van der Waals surface area contributed by atoms with E-state index in [9.17, 15) is 9.59 Å². The van der Waals surface area contributed by atoms with Gasteiger partial charge in [0.1, 0.15) is 10.9 Å². The molecule has 32 heavy (non-hydrogen) atoms. The molecule has 0 aromatic heterocycles. The highest BCUT2D eigenvalue weighted by molar-refractivity contribution is 9.10. The number of hydrogen-bond acceptors (Lipinski definition) is 4. The normalized spacial score (nSPS) is 25.2. The molecule has 5 nitrogen and oxygen atoms in total. The minimum atomic E-state index is -0.508. The standard InChI is InChI=1S/C24H25BrClN3O2S/c25-17-6-4-16(5-7-17)24-11-10-22(30)29(24)21(15-32-24)23(31)27-19-14-18(26)8-9-20(19)28-12-2-1-3-13-28/h4-9,14,21H,1-3,10-13,15H2,(H,27,31)/t21-,24-/m0/s1. The number of nitrogens with zero attached hydrogens (tertiary/aromatic N) is 2. The van der Waals surface area contributed by atoms with E-state index < -0.39 is 10.9 Å². The molecule has 0 bridgehead atoms. The summed E-state index contributed by atoms with van der Waals surface area (Å²) in [6.45, 7) is 1.95. The van der Waals surface area contributed by atoms with Crippen LogP contribution in [0, 0.1) is 0 Å². The maximum atomic E-state index is 13.5. The summed E-state index contributed by atoms with van der Waals surface area (Å²) in [5, 5.41) is 3.71. The molecule has 3 heterocycles. The van der Waals surface area contributed by atoms with Crippen LogP contribution in [0.3, 0.4) is 0 Å². The van der Waals surface area contributed by atoms with Crippen molar-refractivity contribution in [1.82, 2.24) is 4.90 Å². The summed E-state index contributed by atoms with van der Waals surface area (Å²) in [7, 11) is 0. The van der Waals surface area contributed by atoms with Crippen molar-refractivity contribution < 1.29 is 9.59 Å². The second-order valence-electron chi connectivity index (χ2n) is 8.58. The SMILES string of the molecule is O=C(Nc1cc(Cl)ccc1N1CCCCC1)[C@@H]1CS[C@]2(c3ccc(Br)cc3)CCC(=O)N12. The topological polar surface area (TPSA) is 52.7 Å². The Bertz CT molecular complexity index is 1040. The average Bonchev–Trinajstić information content (AvgIpc) is 3.34. The van der Waals surface area contributed by atoms with Crippen molar-refractivity contribution in [3.8, 4) is 0 Å². The van der Waals surface area contributed by atoms with Gasteiger partial charge in [-0.2, -0.15) is 0 Å². The molecule has 3 aliphatic rings. The molecule has 5 rings (SSSR count). The Morgan fingerprint density at radius 1 is 1.12 bits per heavy atom. The van der Waals surface area contributed by atoms with Crippen LogP contribution in [0.4, 0.5) is 11.4 Å². The molecule has 2 atom stereocenters. The minimum absolute atomic E-state index is 0.0421. The fourth-order valence-electron chi connectivity index (χ4n) is 5.08. The molecule has 0 aliphatic carbocycles. The molecule has 1 N–H and O–H groups in total. The number of anilines is 2. The van der Waals surface area contributed by atoms with Crippen molar-refractivity contribution in [2.24, 2.45) is 0 Å². The molecule has 2 amide bonds. The smallest absolute Gasteiger partial charge is 0.248 e. The largest absolute Gasteiger partial charge is 0.370 e. The van der Waals surface area contributed by atoms with Crippen molar-refractivity contribution in [1.29, 1.82) is 0 Å². The van der Waals surface area contributed by atoms with E-state index in [1.165, 1.54) is 6.42 Å². The second kappa shape index (κ2) is 8.92. The van der Waals surface area contributed by atoms with Gasteiger partial charge in [0.2, 0.25) is 11.8 Å². The van der Waals surface area contributed by atoms with E-state index in [1.807, 2.05) is 47.4 Å². The van der Waals surface area contributed by atoms with Gasteiger partial charge < -0.3 is 15.1 Å². The van der Waals surface area contributed by atoms with E-state index in [2.05, 4.69) is 26.1 Å². The summed E-state index contributed by atoms with van der Waals surface area (Å²) in [5.41, 5.74) is 2.80. The van der Waals surface area contributed by atoms with Gasteiger partial charge in [0.05, 0.1) is 11.4 Å². The van der Waals surface area contributed by atoms with Crippen LogP contribution < -0.4 is 10.2 Å². The Balaban J connectivity index is 1.42. The molecule has 3 saturated heterocycles. The third-order valence-electron chi connectivity index (χ3n) is 6.64. The Kier molecular flexibility index (Phi) is 6.16. The maximum absolute atomic E-state index is 13.5. The number of fused-ring (bicyclic) bond motifs is 1. The van der Waals surface area contributed by atoms with Crippen molar-refractivity contribution in [3.63, 3.8) is 0 Å². The summed E-state index contributed by atoms with van der Waals surface area (Å²) in [6, 6.07) is 13.3. The molecular formula is C24H25BrClN3O2S. The van der Waals surface area contributed by atoms with Crippen LogP contribution in [0.2, 0.25) is 5.02 Å². The lowest BCUT2D eigenvalue weighted by molar-refractivity contribution is -0.136. The van der Waals surface area contributed by atoms with Gasteiger partial charge in [-0.1, -0.05) is 39.7 Å². The van der Waals surface area contributed by atoms with Crippen LogP contribution in [0.5, 0.6) is 0 Å². The molecular weight excluding hydrogens is 510 g/mol. The number of thioether (sulfide) groups is 1. The lowest BCUT2D eigenvalue weighted by Crippen LogP contribution is -2.48. The molecule has 3 fully saturated rings. The Morgan fingerprint density at radius 2 is 1.88 bits per heavy atom. The number of hydrogen-bond donors (Lipinski definition) is 1. The number of piperidine rings is 1. The van der Waals surface area contributed by atoms with Gasteiger partial charge in [-0.15, -0.1) is 11.8 Å². The van der Waals surface area contributed by atoms with Crippen molar-refractivity contribution >= 4 is 62.5 Å². The average molecular weight is 535 g/mol. The third kappa shape index (κ3) is 3.93. The highest BCUT2D eigenvalue weighted by atomic mass is 79.9. The van der Waals surface area contributed by atoms with Gasteiger partial charge >= 0.3 is 0 Å². The molecule has 0 radical (unpaired) electrons. The number of nitrogens with one attached hydrogen (secondary N) is 1. The number of amides is 2. The molecule has 168 valence electrons. The first-order chi connectivity index (χ1) is 15.5. The van der Waals surface area contributed by atoms with Crippen LogP contribution in [0.25, 0.3) is 0 Å². The maximum Gasteiger partial charge on any atom is 0.248 e. The predicted octanol–water partition coefficient (Wildman–Crippen LogP) is 5.62. The number of carbonyl (C=O) groups is 2. The van der Waals surface area contributed by atoms with Crippen LogP contribution in [-0.4, -0.2) is 41.6 Å². The number of carbonyl (C=O) groups excluding carboxylic acids is 2. The molecule has 0 saturated carbocycles. The van der Waals surface area contributed by atoms with E-state index in [4.69, 9.17) is 11.6 Å². The number of rotatable bonds is 4. The molecule has 2 aromatic rings. The fourth-order valence-corrected chi connectivity index (χ4v) is 7.17. The van der Waals surface area contributed by atoms with Gasteiger partial charge in [0.25, 0.3) is 0 Å². The van der Waals surface area contributed by atoms with Crippen LogP contribution in [0.15, 0.2) is 46.9 Å². The van der Waals surface area contributed by atoms with E-state index in [-0.39, 0.29) is 11.8 Å². The Hall–Kier alpha value is -1.70. The highest BCUT2D eigenvalue weighted by Crippen LogP contribution is 2.54. The molecule has 2 aromatic carbocycles. The van der Waals surface area contributed by atoms with Gasteiger partial charge in [-0.05, 0) is 61.6 Å². The minimum Gasteiger partial charge on any atom is -0.370 e. The van der Waals surface area contributed by atoms with E-state index in [1.54, 1.807) is 11.8 Å². The van der Waals surface area contributed by atoms with Crippen LogP contribution in [-0.2, 0) is 14.5 Å². The number of halogens is 2. The first-order valence-corrected chi connectivity index (χ1v) is 13.2. The van der Waals surface area contributed by atoms with Crippen molar-refractivity contribution in [2.45, 2.75) is 43.0 Å². The first kappa shape index (κ1) is 22.1. The van der Waals surface area contributed by atoms with E-state index in [0.717, 1.165) is 53.8 Å². The third-order valence-corrected chi connectivity index (χ3v) is 9.00. The first-order valence-electron chi connectivity index (χ1n) is 11.1. The lowest BCUT2D eigenvalue weighted by Gasteiger charge is -2.34. The van der Waals surface area contributed by atoms with Gasteiger partial charge in [-0.25, -0.2) is 0 Å². The molecule has 8 heteroatoms. The number of benzene rings is 2. The van der Waals surface area contributed by atoms with Gasteiger partial charge in [0, 0.05) is 34.8 Å². The van der Waals surface area contributed by atoms with E-state index >= 15 is 0 Å². The zero-order valence-electron chi connectivity index (χ0n) is 17.7. The van der Waals surface area contributed by atoms with Crippen molar-refractivity contribution in [2.75, 3.05) is 29.1 Å². The van der Waals surface area contributed by atoms with Crippen molar-refractivity contribution in [3.05, 3.63) is 57.5 Å². The Morgan fingerprint density at radius 3 is 2.62 bits per heavy atom. The molecule has 0 unspecified atom stereocenters. The Labute approximate surface area is 206 Å². The quantitative estimate of drug-likeness (QED) is 0.553. The van der Waals surface area contributed by atoms with Gasteiger partial charge in [-0.3, -0.25) is 9.59 Å². The van der Waals surface area contributed by atoms with E-state index in [0.29, 0.717) is 17.2 Å². The second-order valence-corrected chi connectivity index (χ2v) is 11.2. The molecule has 0 spiro atoms. The fraction of sp³-hybridized carbons (Fsp3) is 0.417. The monoisotopic (exact) mass is 533 g/mol. The molecule has 3 aliphatic heterocycles. The summed E-state index contributed by atoms with van der Waals surface area (Å²) in [6.07, 6.45) is 4.71. The zero-order chi connectivity index (χ0) is 22.3. The summed E-state index contributed by atoms with van der Waals surface area (Å²) >= 11 is 11.5. The summed E-state index contributed by atoms with van der Waals surface area (Å²) in [5.74, 6) is 0.473. The summed E-state index contributed by atoms with van der Waals surface area (Å²) in [4.78, 5) is 30.1. The van der Waals surface area contributed by atoms with Crippen LogP contribution in [0.1, 0.15) is 37.7 Å². The van der Waals surface area contributed by atoms with Gasteiger partial charge in [0.15, 0.2) is 0 Å². The van der Waals surface area contributed by atoms with Crippen LogP contribution >= 0.6 is 39.3 Å². The predicted molar refractivity (Wildman–Crippen MR) is 134 cm³/mol. The lowest BCUT2D eigenvalue weighted by atomic mass is 10.0. The zero-order valence-corrected chi connectivity index (χ0v) is 20.8. The summed E-state index contributed by atoms with van der Waals surface area (Å²) < 4.78 is 0.997.